The summed E-state index contributed by atoms with van der Waals surface area (Å²) < 4.78 is 3.09. The molecule has 0 saturated heterocycles. The van der Waals surface area contributed by atoms with Crippen LogP contribution in [0.25, 0.3) is 0 Å². The van der Waals surface area contributed by atoms with Crippen molar-refractivity contribution in [1.29, 1.82) is 0 Å². The van der Waals surface area contributed by atoms with E-state index in [9.17, 15) is 5.11 Å². The van der Waals surface area contributed by atoms with Gasteiger partial charge in [-0.05, 0) is 43.1 Å². The van der Waals surface area contributed by atoms with Crippen LogP contribution in [0.3, 0.4) is 0 Å². The second kappa shape index (κ2) is 5.98. The Kier molecular flexibility index (Phi) is 5.16. The second-order valence-corrected chi connectivity index (χ2v) is 5.59. The molecule has 0 aliphatic heterocycles. The van der Waals surface area contributed by atoms with Crippen LogP contribution in [0.2, 0.25) is 0 Å². The summed E-state index contributed by atoms with van der Waals surface area (Å²) in [4.78, 5) is 0. The molecule has 1 rings (SSSR count). The van der Waals surface area contributed by atoms with Crippen molar-refractivity contribution in [2.45, 2.75) is 52.8 Å². The first kappa shape index (κ1) is 14.7. The summed E-state index contributed by atoms with van der Waals surface area (Å²) in [7, 11) is 0. The molecule has 1 heterocycles. The van der Waals surface area contributed by atoms with Crippen LogP contribution in [0.4, 0.5) is 0 Å². The Hall–Kier alpha value is -0.390. The zero-order valence-electron chi connectivity index (χ0n) is 11.0. The third kappa shape index (κ3) is 4.08. The molecule has 0 aliphatic rings. The summed E-state index contributed by atoms with van der Waals surface area (Å²) >= 11 is 3.60. The van der Waals surface area contributed by atoms with Crippen molar-refractivity contribution in [3.8, 4) is 0 Å². The van der Waals surface area contributed by atoms with Gasteiger partial charge in [0.15, 0.2) is 0 Å². The molecule has 0 amide bonds. The summed E-state index contributed by atoms with van der Waals surface area (Å²) in [6.45, 7) is 9.91. The maximum absolute atomic E-state index is 9.65. The van der Waals surface area contributed by atoms with E-state index in [1.165, 1.54) is 0 Å². The number of halogens is 1. The number of aromatic nitrogens is 2. The van der Waals surface area contributed by atoms with Crippen LogP contribution >= 0.6 is 15.9 Å². The Balaban J connectivity index is 2.72. The monoisotopic (exact) mass is 303 g/mol. The highest BCUT2D eigenvalue weighted by molar-refractivity contribution is 9.10. The van der Waals surface area contributed by atoms with Gasteiger partial charge in [0.2, 0.25) is 0 Å². The number of nitrogens with one attached hydrogen (secondary N) is 1. The zero-order valence-corrected chi connectivity index (χ0v) is 12.6. The Morgan fingerprint density at radius 2 is 2.06 bits per heavy atom. The summed E-state index contributed by atoms with van der Waals surface area (Å²) in [5.74, 6) is 0. The Bertz CT molecular complexity index is 369. The van der Waals surface area contributed by atoms with Crippen molar-refractivity contribution >= 4 is 15.9 Å². The zero-order chi connectivity index (χ0) is 13.1. The lowest BCUT2D eigenvalue weighted by Crippen LogP contribution is -2.34. The van der Waals surface area contributed by atoms with E-state index in [1.807, 2.05) is 4.68 Å². The fourth-order valence-corrected chi connectivity index (χ4v) is 2.38. The summed E-state index contributed by atoms with van der Waals surface area (Å²) in [6.07, 6.45) is 0.923. The Morgan fingerprint density at radius 1 is 1.41 bits per heavy atom. The lowest BCUT2D eigenvalue weighted by molar-refractivity contribution is 0.0793. The van der Waals surface area contributed by atoms with Crippen LogP contribution in [0.1, 0.15) is 39.1 Å². The molecule has 0 atom stereocenters. The first-order valence-electron chi connectivity index (χ1n) is 6.06. The van der Waals surface area contributed by atoms with E-state index >= 15 is 0 Å². The molecule has 1 aromatic rings. The maximum Gasteiger partial charge on any atom is 0.0767 e. The van der Waals surface area contributed by atoms with Gasteiger partial charge in [0.1, 0.15) is 0 Å². The van der Waals surface area contributed by atoms with Crippen molar-refractivity contribution in [3.05, 3.63) is 15.9 Å². The standard InChI is InChI=1S/C12H22BrN3O/c1-5-9-11(13)10(16(6-2)15-9)7-14-8-12(3,4)17/h14,17H,5-8H2,1-4H3. The average Bonchev–Trinajstić information content (AvgIpc) is 2.54. The quantitative estimate of drug-likeness (QED) is 0.846. The van der Waals surface area contributed by atoms with E-state index in [4.69, 9.17) is 0 Å². The van der Waals surface area contributed by atoms with Crippen molar-refractivity contribution in [2.24, 2.45) is 0 Å². The first-order chi connectivity index (χ1) is 7.89. The summed E-state index contributed by atoms with van der Waals surface area (Å²) in [5, 5.41) is 17.4. The molecule has 98 valence electrons. The maximum atomic E-state index is 9.65. The molecule has 17 heavy (non-hydrogen) atoms. The molecule has 0 bridgehead atoms. The topological polar surface area (TPSA) is 50.1 Å². The van der Waals surface area contributed by atoms with Gasteiger partial charge in [-0.2, -0.15) is 5.10 Å². The van der Waals surface area contributed by atoms with Crippen LogP contribution in [-0.4, -0.2) is 27.0 Å². The minimum absolute atomic E-state index is 0.565. The van der Waals surface area contributed by atoms with Gasteiger partial charge in [-0.3, -0.25) is 4.68 Å². The van der Waals surface area contributed by atoms with E-state index in [0.717, 1.165) is 28.8 Å². The van der Waals surface area contributed by atoms with Crippen LogP contribution in [0, 0.1) is 0 Å². The van der Waals surface area contributed by atoms with Gasteiger partial charge in [-0.1, -0.05) is 6.92 Å². The lowest BCUT2D eigenvalue weighted by atomic mass is 10.1. The van der Waals surface area contributed by atoms with Crippen LogP contribution < -0.4 is 5.32 Å². The molecule has 0 radical (unpaired) electrons. The van der Waals surface area contributed by atoms with Gasteiger partial charge in [-0.25, -0.2) is 0 Å². The van der Waals surface area contributed by atoms with Crippen molar-refractivity contribution in [1.82, 2.24) is 15.1 Å². The Labute approximate surface area is 112 Å². The molecule has 0 fully saturated rings. The number of hydrogen-bond acceptors (Lipinski definition) is 3. The van der Waals surface area contributed by atoms with Crippen LogP contribution in [0.15, 0.2) is 4.47 Å². The molecule has 2 N–H and O–H groups in total. The number of hydrogen-bond donors (Lipinski definition) is 2. The molecular weight excluding hydrogens is 282 g/mol. The number of aryl methyl sites for hydroxylation is 2. The van der Waals surface area contributed by atoms with Gasteiger partial charge in [-0.15, -0.1) is 0 Å². The van der Waals surface area contributed by atoms with Crippen molar-refractivity contribution < 1.29 is 5.11 Å². The SMILES string of the molecule is CCc1nn(CC)c(CNCC(C)(C)O)c1Br. The fourth-order valence-electron chi connectivity index (χ4n) is 1.67. The van der Waals surface area contributed by atoms with Crippen molar-refractivity contribution in [3.63, 3.8) is 0 Å². The molecule has 4 nitrogen and oxygen atoms in total. The molecule has 0 spiro atoms. The number of rotatable bonds is 6. The molecule has 5 heteroatoms. The van der Waals surface area contributed by atoms with E-state index < -0.39 is 5.60 Å². The molecule has 1 aromatic heterocycles. The van der Waals surface area contributed by atoms with Gasteiger partial charge in [0, 0.05) is 19.6 Å². The van der Waals surface area contributed by atoms with Gasteiger partial charge >= 0.3 is 0 Å². The smallest absolute Gasteiger partial charge is 0.0767 e. The molecule has 0 unspecified atom stereocenters. The number of aliphatic hydroxyl groups is 1. The highest BCUT2D eigenvalue weighted by Gasteiger charge is 2.15. The molecule has 0 aromatic carbocycles. The normalized spacial score (nSPS) is 12.1. The van der Waals surface area contributed by atoms with E-state index in [-0.39, 0.29) is 0 Å². The van der Waals surface area contributed by atoms with Crippen molar-refractivity contribution in [2.75, 3.05) is 6.54 Å². The second-order valence-electron chi connectivity index (χ2n) is 4.79. The van der Waals surface area contributed by atoms with Crippen LogP contribution in [-0.2, 0) is 19.5 Å². The predicted molar refractivity (Wildman–Crippen MR) is 73.0 cm³/mol. The average molecular weight is 304 g/mol. The molecular formula is C12H22BrN3O. The highest BCUT2D eigenvalue weighted by Crippen LogP contribution is 2.22. The van der Waals surface area contributed by atoms with Gasteiger partial charge in [0.25, 0.3) is 0 Å². The molecule has 0 saturated carbocycles. The van der Waals surface area contributed by atoms with E-state index in [0.29, 0.717) is 13.1 Å². The lowest BCUT2D eigenvalue weighted by Gasteiger charge is -2.18. The first-order valence-corrected chi connectivity index (χ1v) is 6.85. The minimum Gasteiger partial charge on any atom is -0.389 e. The largest absolute Gasteiger partial charge is 0.389 e. The third-order valence-electron chi connectivity index (χ3n) is 2.54. The van der Waals surface area contributed by atoms with Gasteiger partial charge in [0.05, 0.1) is 21.5 Å². The third-order valence-corrected chi connectivity index (χ3v) is 3.46. The van der Waals surface area contributed by atoms with Gasteiger partial charge < -0.3 is 10.4 Å². The highest BCUT2D eigenvalue weighted by atomic mass is 79.9. The van der Waals surface area contributed by atoms with E-state index in [2.05, 4.69) is 40.2 Å². The Morgan fingerprint density at radius 3 is 2.53 bits per heavy atom. The number of nitrogens with zero attached hydrogens (tertiary/aromatic N) is 2. The predicted octanol–water partition coefficient (Wildman–Crippen LogP) is 2.09. The van der Waals surface area contributed by atoms with E-state index in [1.54, 1.807) is 13.8 Å². The van der Waals surface area contributed by atoms with Crippen LogP contribution in [0.5, 0.6) is 0 Å². The summed E-state index contributed by atoms with van der Waals surface area (Å²) in [6, 6.07) is 0. The fraction of sp³-hybridized carbons (Fsp3) is 0.750. The minimum atomic E-state index is -0.683. The summed E-state index contributed by atoms with van der Waals surface area (Å²) in [5.41, 5.74) is 1.55. The molecule has 0 aliphatic carbocycles.